The predicted molar refractivity (Wildman–Crippen MR) is 69.8 cm³/mol. The smallest absolute Gasteiger partial charge is 0.126 e. The summed E-state index contributed by atoms with van der Waals surface area (Å²) in [5.41, 5.74) is 6.27. The maximum Gasteiger partial charge on any atom is 0.126 e. The summed E-state index contributed by atoms with van der Waals surface area (Å²) in [6.07, 6.45) is 0. The minimum absolute atomic E-state index is 0.00866. The van der Waals surface area contributed by atoms with Crippen LogP contribution in [0.1, 0.15) is 0 Å². The number of halogens is 1. The Bertz CT molecular complexity index is 650. The Morgan fingerprint density at radius 3 is 2.59 bits per heavy atom. The monoisotopic (exact) mass is 332 g/mol. The van der Waals surface area contributed by atoms with Gasteiger partial charge in [-0.05, 0) is 23.6 Å². The van der Waals surface area contributed by atoms with Crippen LogP contribution in [0.25, 0.3) is 10.4 Å². The van der Waals surface area contributed by atoms with Crippen LogP contribution in [-0.2, 0) is 10.1 Å². The lowest BCUT2D eigenvalue weighted by Crippen LogP contribution is -2.04. The van der Waals surface area contributed by atoms with Crippen LogP contribution in [0.2, 0.25) is 0 Å². The molecule has 0 saturated carbocycles. The van der Waals surface area contributed by atoms with Crippen molar-refractivity contribution < 1.29 is 13.0 Å². The van der Waals surface area contributed by atoms with Gasteiger partial charge in [-0.25, -0.2) is 8.42 Å². The first-order chi connectivity index (χ1) is 7.89. The molecule has 90 valence electrons. The van der Waals surface area contributed by atoms with Crippen molar-refractivity contribution in [1.29, 1.82) is 0 Å². The second-order valence-electron chi connectivity index (χ2n) is 3.30. The van der Waals surface area contributed by atoms with Crippen LogP contribution in [0.4, 0.5) is 5.69 Å². The Balaban J connectivity index is 2.75. The Morgan fingerprint density at radius 1 is 1.35 bits per heavy atom. The van der Waals surface area contributed by atoms with Crippen molar-refractivity contribution in [3.05, 3.63) is 34.1 Å². The summed E-state index contributed by atoms with van der Waals surface area (Å²) in [7, 11) is -4.57. The number of benzene rings is 1. The number of thiophene rings is 1. The molecule has 2 rings (SSSR count). The maximum absolute atomic E-state index is 11.1. The molecule has 2 aromatic rings. The van der Waals surface area contributed by atoms with Crippen molar-refractivity contribution in [3.63, 3.8) is 0 Å². The molecule has 17 heavy (non-hydrogen) atoms. The zero-order chi connectivity index (χ0) is 12.6. The van der Waals surface area contributed by atoms with Crippen molar-refractivity contribution in [3.8, 4) is 10.4 Å². The van der Waals surface area contributed by atoms with Crippen LogP contribution in [-0.4, -0.2) is 13.0 Å². The van der Waals surface area contributed by atoms with Crippen molar-refractivity contribution in [2.45, 2.75) is 4.90 Å². The molecule has 0 unspecified atom stereocenters. The second kappa shape index (κ2) is 4.41. The number of hydrogen-bond acceptors (Lipinski definition) is 5. The van der Waals surface area contributed by atoms with Crippen molar-refractivity contribution in [2.24, 2.45) is 0 Å². The van der Waals surface area contributed by atoms with Crippen LogP contribution in [0, 0.1) is 0 Å². The van der Waals surface area contributed by atoms with Gasteiger partial charge in [0.2, 0.25) is 0 Å². The van der Waals surface area contributed by atoms with Gasteiger partial charge >= 0.3 is 0 Å². The molecule has 0 amide bonds. The summed E-state index contributed by atoms with van der Waals surface area (Å²) in [5, 5.41) is 1.85. The largest absolute Gasteiger partial charge is 0.744 e. The minimum atomic E-state index is -4.57. The first-order valence-electron chi connectivity index (χ1n) is 4.48. The van der Waals surface area contributed by atoms with Gasteiger partial charge in [0.05, 0.1) is 10.6 Å². The first kappa shape index (κ1) is 12.6. The van der Waals surface area contributed by atoms with Crippen LogP contribution in [0.15, 0.2) is 39.0 Å². The summed E-state index contributed by atoms with van der Waals surface area (Å²) in [6, 6.07) is 6.54. The third kappa shape index (κ3) is 2.52. The number of nitrogen functional groups attached to an aromatic ring is 1. The van der Waals surface area contributed by atoms with E-state index < -0.39 is 15.0 Å². The van der Waals surface area contributed by atoms with E-state index in [1.54, 1.807) is 6.07 Å². The van der Waals surface area contributed by atoms with Gasteiger partial charge in [0.1, 0.15) is 10.1 Å². The molecule has 0 saturated heterocycles. The van der Waals surface area contributed by atoms with E-state index in [1.807, 2.05) is 17.5 Å². The van der Waals surface area contributed by atoms with E-state index in [1.165, 1.54) is 17.4 Å². The topological polar surface area (TPSA) is 83.2 Å². The number of anilines is 1. The van der Waals surface area contributed by atoms with Gasteiger partial charge in [0.15, 0.2) is 0 Å². The van der Waals surface area contributed by atoms with E-state index in [2.05, 4.69) is 15.9 Å². The zero-order valence-electron chi connectivity index (χ0n) is 8.38. The molecule has 2 N–H and O–H groups in total. The standard InChI is InChI=1S/C10H8BrNO3S2/c11-6-4-7(8-2-1-3-16-8)10(12)9(5-6)17(13,14)15/h1-5H,12H2,(H,13,14,15)/p-1. The third-order valence-corrected chi connectivity index (χ3v) is 4.40. The van der Waals surface area contributed by atoms with Crippen LogP contribution in [0.5, 0.6) is 0 Å². The fraction of sp³-hybridized carbons (Fsp3) is 0. The lowest BCUT2D eigenvalue weighted by Gasteiger charge is -2.13. The summed E-state index contributed by atoms with van der Waals surface area (Å²) < 4.78 is 33.7. The highest BCUT2D eigenvalue weighted by Gasteiger charge is 2.14. The third-order valence-electron chi connectivity index (χ3n) is 2.16. The molecule has 0 aliphatic heterocycles. The first-order valence-corrected chi connectivity index (χ1v) is 7.56. The van der Waals surface area contributed by atoms with Crippen molar-refractivity contribution in [2.75, 3.05) is 5.73 Å². The molecule has 0 aliphatic rings. The second-order valence-corrected chi connectivity index (χ2v) is 6.51. The van der Waals surface area contributed by atoms with E-state index in [0.29, 0.717) is 10.0 Å². The fourth-order valence-electron chi connectivity index (χ4n) is 1.44. The Kier molecular flexibility index (Phi) is 3.26. The maximum atomic E-state index is 11.1. The minimum Gasteiger partial charge on any atom is -0.744 e. The van der Waals surface area contributed by atoms with Gasteiger partial charge in [0, 0.05) is 14.9 Å². The molecule has 0 spiro atoms. The lowest BCUT2D eigenvalue weighted by atomic mass is 10.1. The summed E-state index contributed by atoms with van der Waals surface area (Å²) in [4.78, 5) is 0.420. The van der Waals surface area contributed by atoms with Gasteiger partial charge in [0.25, 0.3) is 0 Å². The highest BCUT2D eigenvalue weighted by Crippen LogP contribution is 2.36. The average molecular weight is 333 g/mol. The molecule has 1 heterocycles. The number of rotatable bonds is 2. The van der Waals surface area contributed by atoms with Gasteiger partial charge in [-0.15, -0.1) is 11.3 Å². The summed E-state index contributed by atoms with van der Waals surface area (Å²) in [6.45, 7) is 0. The predicted octanol–water partition coefficient (Wildman–Crippen LogP) is 2.66. The molecule has 1 aromatic heterocycles. The quantitative estimate of drug-likeness (QED) is 0.676. The molecule has 0 fully saturated rings. The van der Waals surface area contributed by atoms with Gasteiger partial charge in [-0.2, -0.15) is 0 Å². The highest BCUT2D eigenvalue weighted by molar-refractivity contribution is 9.10. The fourth-order valence-corrected chi connectivity index (χ4v) is 3.45. The van der Waals surface area contributed by atoms with E-state index in [0.717, 1.165) is 4.88 Å². The molecule has 1 aromatic carbocycles. The van der Waals surface area contributed by atoms with Gasteiger partial charge in [-0.3, -0.25) is 0 Å². The van der Waals surface area contributed by atoms with E-state index in [4.69, 9.17) is 5.73 Å². The van der Waals surface area contributed by atoms with Crippen LogP contribution in [0.3, 0.4) is 0 Å². The van der Waals surface area contributed by atoms with E-state index in [-0.39, 0.29) is 5.69 Å². The highest BCUT2D eigenvalue weighted by atomic mass is 79.9. The normalized spacial score (nSPS) is 11.6. The zero-order valence-corrected chi connectivity index (χ0v) is 11.6. The molecule has 0 atom stereocenters. The average Bonchev–Trinajstić information content (AvgIpc) is 2.72. The summed E-state index contributed by atoms with van der Waals surface area (Å²) in [5.74, 6) is 0. The molecule has 0 radical (unpaired) electrons. The molecular weight excluding hydrogens is 326 g/mol. The Labute approximate surface area is 111 Å². The van der Waals surface area contributed by atoms with Crippen LogP contribution >= 0.6 is 27.3 Å². The molecule has 0 bridgehead atoms. The molecule has 0 aliphatic carbocycles. The SMILES string of the molecule is Nc1c(-c2cccs2)cc(Br)cc1S(=O)(=O)[O-]. The lowest BCUT2D eigenvalue weighted by molar-refractivity contribution is 0.463. The Morgan fingerprint density at radius 2 is 2.06 bits per heavy atom. The Hall–Kier alpha value is -0.890. The van der Waals surface area contributed by atoms with Crippen molar-refractivity contribution >= 4 is 43.1 Å². The number of hydrogen-bond donors (Lipinski definition) is 1. The molecular formula is C10H7BrNO3S2-. The summed E-state index contributed by atoms with van der Waals surface area (Å²) >= 11 is 4.59. The van der Waals surface area contributed by atoms with Crippen molar-refractivity contribution in [1.82, 2.24) is 0 Å². The van der Waals surface area contributed by atoms with Gasteiger partial charge < -0.3 is 10.3 Å². The van der Waals surface area contributed by atoms with E-state index in [9.17, 15) is 13.0 Å². The van der Waals surface area contributed by atoms with Gasteiger partial charge in [-0.1, -0.05) is 22.0 Å². The molecule has 4 nitrogen and oxygen atoms in total. The van der Waals surface area contributed by atoms with Crippen LogP contribution < -0.4 is 5.73 Å². The number of nitrogens with two attached hydrogens (primary N) is 1. The molecule has 7 heteroatoms. The van der Waals surface area contributed by atoms with E-state index >= 15 is 0 Å².